The lowest BCUT2D eigenvalue weighted by molar-refractivity contribution is -0.136. The molecular weight excluding hydrogens is 745 g/mol. The summed E-state index contributed by atoms with van der Waals surface area (Å²) in [6, 6.07) is 0.680. The molecule has 3 N–H and O–H groups in total. The normalized spacial score (nSPS) is 20.4. The highest BCUT2D eigenvalue weighted by atomic mass is 16.2. The molecule has 0 aromatic carbocycles. The fourth-order valence-electron chi connectivity index (χ4n) is 8.35. The third kappa shape index (κ3) is 21.6. The van der Waals surface area contributed by atoms with Crippen molar-refractivity contribution >= 4 is 23.3 Å². The lowest BCUT2D eigenvalue weighted by Gasteiger charge is -2.47. The summed E-state index contributed by atoms with van der Waals surface area (Å²) in [4.78, 5) is 47.3. The van der Waals surface area contributed by atoms with Crippen LogP contribution in [0.25, 0.3) is 0 Å². The molecule has 1 amide bonds. The molecule has 0 bridgehead atoms. The standard InChI is InChI=1S/C28H49N3O.C11H16O2.C5H11NO.C4H10.2C2H6/c1-11-22(26(5,6)7)29-20(4)30-25(28(10)15-13-12-14-16-28)18(2)31-17-21-23(27(21,8)9)24(31)19(3)32;1-4-6-7-9(3)8-11(13)10(12)5-2;1-4(2)6-5(3)7;1-3-4-2;2*1-2/h21-25,29-30H,2,4,11-17H2,1,3,5-10H3;1,9H,5-8H2,2-3H3;4H,1-3H3,(H,6,7);3-4H2,1-2H3;2*1-2H3/t21-,22?,23-,24?,25?;;;;;/m0...../s1. The first kappa shape index (κ1) is 61.2. The molecule has 4 unspecified atom stereocenters. The number of terminal acetylenes is 1. The quantitative estimate of drug-likeness (QED) is 0.0988. The SMILES string of the molecule is C#CCCC(C)CC(=O)C(=O)CC.C=C(NC(CC)C(C)(C)C)NC(C(=C)N1C[C@H]2[C@@H](C1C(C)=O)C2(C)C)C1(C)CCCCC1.CC.CC.CC(=O)NC(C)C.CCCC. The zero-order valence-electron chi connectivity index (χ0n) is 42.8. The summed E-state index contributed by atoms with van der Waals surface area (Å²) >= 11 is 0. The van der Waals surface area contributed by atoms with Gasteiger partial charge < -0.3 is 20.9 Å². The van der Waals surface area contributed by atoms with Crippen LogP contribution in [-0.4, -0.2) is 58.9 Å². The number of unbranched alkanes of at least 4 members (excludes halogenated alkanes) is 1. The Hall–Kier alpha value is -3.08. The molecule has 8 heteroatoms. The first-order chi connectivity index (χ1) is 27.9. The minimum atomic E-state index is -0.271. The number of amides is 1. The van der Waals surface area contributed by atoms with Gasteiger partial charge in [-0.2, -0.15) is 0 Å². The van der Waals surface area contributed by atoms with E-state index in [0.29, 0.717) is 37.1 Å². The number of carbonyl (C=O) groups excluding carboxylic acids is 4. The van der Waals surface area contributed by atoms with Crippen molar-refractivity contribution in [2.24, 2.45) is 34.0 Å². The van der Waals surface area contributed by atoms with E-state index in [1.54, 1.807) is 13.8 Å². The maximum Gasteiger partial charge on any atom is 0.217 e. The fourth-order valence-corrected chi connectivity index (χ4v) is 8.35. The summed E-state index contributed by atoms with van der Waals surface area (Å²) in [7, 11) is 0. The number of hydrogen-bond donors (Lipinski definition) is 3. The molecule has 1 heterocycles. The van der Waals surface area contributed by atoms with Gasteiger partial charge in [0.15, 0.2) is 17.3 Å². The summed E-state index contributed by atoms with van der Waals surface area (Å²) in [6.45, 7) is 49.2. The Balaban J connectivity index is -0.000000952. The van der Waals surface area contributed by atoms with E-state index in [0.717, 1.165) is 30.9 Å². The molecule has 3 aliphatic rings. The van der Waals surface area contributed by atoms with Gasteiger partial charge in [0.25, 0.3) is 0 Å². The van der Waals surface area contributed by atoms with Crippen LogP contribution in [0.2, 0.25) is 0 Å². The van der Waals surface area contributed by atoms with Crippen LogP contribution < -0.4 is 16.0 Å². The molecule has 6 atom stereocenters. The predicted octanol–water partition coefficient (Wildman–Crippen LogP) is 12.2. The Labute approximate surface area is 372 Å². The Kier molecular flexibility index (Phi) is 31.5. The van der Waals surface area contributed by atoms with Crippen LogP contribution in [0.4, 0.5) is 0 Å². The number of fused-ring (bicyclic) bond motifs is 1. The average Bonchev–Trinajstić information content (AvgIpc) is 3.48. The molecule has 0 aromatic rings. The van der Waals surface area contributed by atoms with E-state index in [4.69, 9.17) is 6.42 Å². The van der Waals surface area contributed by atoms with Gasteiger partial charge in [-0.05, 0) is 80.5 Å². The molecule has 1 saturated heterocycles. The number of rotatable bonds is 17. The van der Waals surface area contributed by atoms with E-state index in [9.17, 15) is 19.2 Å². The van der Waals surface area contributed by atoms with E-state index in [1.165, 1.54) is 51.9 Å². The highest BCUT2D eigenvalue weighted by Crippen LogP contribution is 2.65. The second-order valence-electron chi connectivity index (χ2n) is 19.0. The maximum atomic E-state index is 12.7. The molecule has 2 aliphatic carbocycles. The summed E-state index contributed by atoms with van der Waals surface area (Å²) in [5.74, 6) is 4.48. The highest BCUT2D eigenvalue weighted by Gasteiger charge is 2.68. The number of piperidine rings is 1. The molecular formula is C52H98N4O4. The molecule has 1 aliphatic heterocycles. The van der Waals surface area contributed by atoms with E-state index < -0.39 is 0 Å². The first-order valence-corrected chi connectivity index (χ1v) is 23.8. The van der Waals surface area contributed by atoms with Gasteiger partial charge >= 0.3 is 0 Å². The minimum absolute atomic E-state index is 0.0295. The predicted molar refractivity (Wildman–Crippen MR) is 259 cm³/mol. The molecule has 60 heavy (non-hydrogen) atoms. The van der Waals surface area contributed by atoms with Gasteiger partial charge in [-0.25, -0.2) is 0 Å². The van der Waals surface area contributed by atoms with Gasteiger partial charge in [0.05, 0.1) is 17.9 Å². The van der Waals surface area contributed by atoms with Gasteiger partial charge in [-0.15, -0.1) is 12.3 Å². The third-order valence-corrected chi connectivity index (χ3v) is 12.1. The van der Waals surface area contributed by atoms with Crippen molar-refractivity contribution < 1.29 is 19.2 Å². The van der Waals surface area contributed by atoms with Gasteiger partial charge in [0, 0.05) is 50.5 Å². The molecule has 3 rings (SSSR count). The van der Waals surface area contributed by atoms with Crippen molar-refractivity contribution in [2.45, 2.75) is 233 Å². The molecule has 0 spiro atoms. The van der Waals surface area contributed by atoms with Gasteiger partial charge in [0.1, 0.15) is 0 Å². The van der Waals surface area contributed by atoms with E-state index in [1.807, 2.05) is 48.5 Å². The maximum absolute atomic E-state index is 12.7. The zero-order valence-corrected chi connectivity index (χ0v) is 42.8. The summed E-state index contributed by atoms with van der Waals surface area (Å²) < 4.78 is 0. The molecule has 0 aromatic heterocycles. The molecule has 3 fully saturated rings. The van der Waals surface area contributed by atoms with Crippen LogP contribution in [0.3, 0.4) is 0 Å². The highest BCUT2D eigenvalue weighted by molar-refractivity contribution is 6.37. The van der Waals surface area contributed by atoms with Crippen LogP contribution >= 0.6 is 0 Å². The van der Waals surface area contributed by atoms with Crippen LogP contribution in [0.5, 0.6) is 0 Å². The number of likely N-dealkylation sites (tertiary alicyclic amines) is 1. The van der Waals surface area contributed by atoms with Gasteiger partial charge in [0.2, 0.25) is 5.91 Å². The Bertz CT molecular complexity index is 1310. The molecule has 8 nitrogen and oxygen atoms in total. The second kappa shape index (κ2) is 30.9. The summed E-state index contributed by atoms with van der Waals surface area (Å²) in [5.41, 5.74) is 1.64. The van der Waals surface area contributed by atoms with Crippen molar-refractivity contribution in [3.63, 3.8) is 0 Å². The Morgan fingerprint density at radius 1 is 0.833 bits per heavy atom. The van der Waals surface area contributed by atoms with Crippen molar-refractivity contribution in [3.05, 3.63) is 24.7 Å². The van der Waals surface area contributed by atoms with Crippen molar-refractivity contribution in [3.8, 4) is 12.3 Å². The molecule has 2 saturated carbocycles. The number of Topliss-reactive ketones (excluding diaryl/α,β-unsaturated/α-hetero) is 3. The zero-order chi connectivity index (χ0) is 47.6. The number of nitrogens with one attached hydrogen (secondary N) is 3. The first-order valence-electron chi connectivity index (χ1n) is 23.8. The lowest BCUT2D eigenvalue weighted by Crippen LogP contribution is -2.54. The van der Waals surface area contributed by atoms with Crippen molar-refractivity contribution in [1.82, 2.24) is 20.9 Å². The molecule has 350 valence electrons. The average molecular weight is 843 g/mol. The monoisotopic (exact) mass is 843 g/mol. The van der Waals surface area contributed by atoms with Crippen LogP contribution in [0.15, 0.2) is 24.7 Å². The smallest absolute Gasteiger partial charge is 0.217 e. The number of nitrogens with zero attached hydrogens (tertiary/aromatic N) is 1. The van der Waals surface area contributed by atoms with E-state index in [-0.39, 0.29) is 63.5 Å². The van der Waals surface area contributed by atoms with Crippen LogP contribution in [0.1, 0.15) is 209 Å². The van der Waals surface area contributed by atoms with E-state index >= 15 is 0 Å². The van der Waals surface area contributed by atoms with Crippen LogP contribution in [0, 0.1) is 46.3 Å². The van der Waals surface area contributed by atoms with E-state index in [2.05, 4.69) is 102 Å². The largest absolute Gasteiger partial charge is 0.369 e. The lowest BCUT2D eigenvalue weighted by atomic mass is 9.69. The van der Waals surface area contributed by atoms with Gasteiger partial charge in [-0.1, -0.05) is 149 Å². The minimum Gasteiger partial charge on any atom is -0.369 e. The summed E-state index contributed by atoms with van der Waals surface area (Å²) in [5, 5.41) is 10.1. The van der Waals surface area contributed by atoms with Crippen LogP contribution in [-0.2, 0) is 19.2 Å². The third-order valence-electron chi connectivity index (χ3n) is 12.1. The second-order valence-corrected chi connectivity index (χ2v) is 19.0. The Morgan fingerprint density at radius 3 is 1.72 bits per heavy atom. The Morgan fingerprint density at radius 2 is 1.35 bits per heavy atom. The number of carbonyl (C=O) groups is 4. The number of ketones is 3. The molecule has 0 radical (unpaired) electrons. The number of hydrogen-bond acceptors (Lipinski definition) is 7. The fraction of sp³-hybridized carbons (Fsp3) is 0.808. The van der Waals surface area contributed by atoms with Crippen molar-refractivity contribution in [1.29, 1.82) is 0 Å². The topological polar surface area (TPSA) is 108 Å². The summed E-state index contributed by atoms with van der Waals surface area (Å²) in [6.07, 6.45) is 17.1. The van der Waals surface area contributed by atoms with Crippen molar-refractivity contribution in [2.75, 3.05) is 6.54 Å². The van der Waals surface area contributed by atoms with Gasteiger partial charge in [-0.3, -0.25) is 19.2 Å².